The number of rotatable bonds is 7. The Labute approximate surface area is 175 Å². The Morgan fingerprint density at radius 1 is 1.00 bits per heavy atom. The van der Waals surface area contributed by atoms with Crippen LogP contribution in [0.3, 0.4) is 0 Å². The quantitative estimate of drug-likeness (QED) is 0.555. The Morgan fingerprint density at radius 2 is 1.69 bits per heavy atom. The summed E-state index contributed by atoms with van der Waals surface area (Å²) < 4.78 is 0. The van der Waals surface area contributed by atoms with Crippen LogP contribution in [0.4, 0.5) is 23.1 Å². The summed E-state index contributed by atoms with van der Waals surface area (Å²) in [4.78, 5) is 23.6. The topological polar surface area (TPSA) is 70.2 Å². The van der Waals surface area contributed by atoms with Gasteiger partial charge in [0.1, 0.15) is 5.82 Å². The summed E-state index contributed by atoms with van der Waals surface area (Å²) >= 11 is 5.95. The molecule has 0 saturated heterocycles. The van der Waals surface area contributed by atoms with Gasteiger partial charge in [-0.1, -0.05) is 17.7 Å². The average Bonchev–Trinajstić information content (AvgIpc) is 2.70. The SMILES string of the molecule is CCN(CC)c1cc(C)nc(Nc2ccc(NC(=O)c3cccc(Cl)c3)cc2)n1. The van der Waals surface area contributed by atoms with Gasteiger partial charge in [0, 0.05) is 46.8 Å². The van der Waals surface area contributed by atoms with E-state index in [0.717, 1.165) is 30.3 Å². The minimum atomic E-state index is -0.209. The third kappa shape index (κ3) is 5.45. The van der Waals surface area contributed by atoms with E-state index in [9.17, 15) is 4.79 Å². The van der Waals surface area contributed by atoms with E-state index < -0.39 is 0 Å². The largest absolute Gasteiger partial charge is 0.357 e. The van der Waals surface area contributed by atoms with Gasteiger partial charge in [-0.05, 0) is 63.2 Å². The van der Waals surface area contributed by atoms with Crippen LogP contribution in [0.5, 0.6) is 0 Å². The summed E-state index contributed by atoms with van der Waals surface area (Å²) in [6, 6.07) is 16.2. The van der Waals surface area contributed by atoms with Gasteiger partial charge < -0.3 is 15.5 Å². The number of benzene rings is 2. The molecule has 7 heteroatoms. The molecule has 0 atom stereocenters. The van der Waals surface area contributed by atoms with E-state index in [2.05, 4.69) is 39.3 Å². The third-order valence-electron chi connectivity index (χ3n) is 4.41. The summed E-state index contributed by atoms with van der Waals surface area (Å²) in [6.45, 7) is 7.92. The number of hydrogen-bond donors (Lipinski definition) is 2. The van der Waals surface area contributed by atoms with Crippen molar-refractivity contribution < 1.29 is 4.79 Å². The van der Waals surface area contributed by atoms with Gasteiger partial charge in [0.2, 0.25) is 5.95 Å². The molecule has 0 aliphatic carbocycles. The summed E-state index contributed by atoms with van der Waals surface area (Å²) in [6.07, 6.45) is 0. The van der Waals surface area contributed by atoms with E-state index in [1.54, 1.807) is 24.3 Å². The van der Waals surface area contributed by atoms with Crippen molar-refractivity contribution in [3.05, 3.63) is 70.9 Å². The van der Waals surface area contributed by atoms with Gasteiger partial charge in [-0.3, -0.25) is 4.79 Å². The van der Waals surface area contributed by atoms with Crippen LogP contribution < -0.4 is 15.5 Å². The number of nitrogens with zero attached hydrogens (tertiary/aromatic N) is 3. The lowest BCUT2D eigenvalue weighted by atomic mass is 10.2. The number of carbonyl (C=O) groups excluding carboxylic acids is 1. The first-order valence-electron chi connectivity index (χ1n) is 9.53. The highest BCUT2D eigenvalue weighted by molar-refractivity contribution is 6.31. The highest BCUT2D eigenvalue weighted by Crippen LogP contribution is 2.20. The molecule has 1 heterocycles. The zero-order chi connectivity index (χ0) is 20.8. The van der Waals surface area contributed by atoms with Crippen molar-refractivity contribution >= 4 is 40.6 Å². The molecule has 2 N–H and O–H groups in total. The zero-order valence-electron chi connectivity index (χ0n) is 16.7. The van der Waals surface area contributed by atoms with Gasteiger partial charge in [0.05, 0.1) is 0 Å². The van der Waals surface area contributed by atoms with Gasteiger partial charge >= 0.3 is 0 Å². The maximum absolute atomic E-state index is 12.3. The smallest absolute Gasteiger partial charge is 0.255 e. The van der Waals surface area contributed by atoms with Crippen molar-refractivity contribution in [3.63, 3.8) is 0 Å². The molecule has 150 valence electrons. The van der Waals surface area contributed by atoms with Crippen LogP contribution in [0, 0.1) is 6.92 Å². The maximum Gasteiger partial charge on any atom is 0.255 e. The molecule has 3 aromatic rings. The van der Waals surface area contributed by atoms with Crippen LogP contribution in [0.2, 0.25) is 5.02 Å². The molecule has 3 rings (SSSR count). The van der Waals surface area contributed by atoms with Crippen molar-refractivity contribution in [2.24, 2.45) is 0 Å². The minimum absolute atomic E-state index is 0.209. The lowest BCUT2D eigenvalue weighted by Gasteiger charge is -2.20. The molecule has 29 heavy (non-hydrogen) atoms. The van der Waals surface area contributed by atoms with Crippen LogP contribution in [0.15, 0.2) is 54.6 Å². The van der Waals surface area contributed by atoms with Gasteiger partial charge in [-0.25, -0.2) is 4.98 Å². The first-order chi connectivity index (χ1) is 14.0. The fourth-order valence-corrected chi connectivity index (χ4v) is 3.11. The molecule has 0 fully saturated rings. The van der Waals surface area contributed by atoms with Crippen LogP contribution >= 0.6 is 11.6 Å². The zero-order valence-corrected chi connectivity index (χ0v) is 17.5. The molecule has 1 aromatic heterocycles. The van der Waals surface area contributed by atoms with Crippen molar-refractivity contribution in [3.8, 4) is 0 Å². The number of amides is 1. The fraction of sp³-hybridized carbons (Fsp3) is 0.227. The average molecular weight is 410 g/mol. The van der Waals surface area contributed by atoms with E-state index >= 15 is 0 Å². The Kier molecular flexibility index (Phi) is 6.67. The molecule has 6 nitrogen and oxygen atoms in total. The Morgan fingerprint density at radius 3 is 2.34 bits per heavy atom. The number of carbonyl (C=O) groups is 1. The van der Waals surface area contributed by atoms with Gasteiger partial charge in [-0.15, -0.1) is 0 Å². The monoisotopic (exact) mass is 409 g/mol. The normalized spacial score (nSPS) is 10.5. The molecular formula is C22H24ClN5O. The lowest BCUT2D eigenvalue weighted by Crippen LogP contribution is -2.23. The standard InChI is InChI=1S/C22H24ClN5O/c1-4-28(5-2)20-13-15(3)24-22(27-20)26-19-11-9-18(10-12-19)25-21(29)16-7-6-8-17(23)14-16/h6-14H,4-5H2,1-3H3,(H,25,29)(H,24,26,27). The molecule has 0 unspecified atom stereocenters. The highest BCUT2D eigenvalue weighted by atomic mass is 35.5. The van der Waals surface area contributed by atoms with Crippen molar-refractivity contribution in [2.45, 2.75) is 20.8 Å². The second-order valence-corrected chi connectivity index (χ2v) is 6.97. The molecule has 0 radical (unpaired) electrons. The molecule has 0 aliphatic rings. The third-order valence-corrected chi connectivity index (χ3v) is 4.65. The maximum atomic E-state index is 12.3. The lowest BCUT2D eigenvalue weighted by molar-refractivity contribution is 0.102. The number of aromatic nitrogens is 2. The van der Waals surface area contributed by atoms with E-state index in [1.807, 2.05) is 37.3 Å². The molecule has 0 spiro atoms. The van der Waals surface area contributed by atoms with Crippen LogP contribution in [-0.2, 0) is 0 Å². The molecule has 2 aromatic carbocycles. The molecule has 0 bridgehead atoms. The van der Waals surface area contributed by atoms with Crippen LogP contribution in [0.25, 0.3) is 0 Å². The first kappa shape index (κ1) is 20.6. The second kappa shape index (κ2) is 9.39. The van der Waals surface area contributed by atoms with E-state index in [0.29, 0.717) is 22.2 Å². The predicted molar refractivity (Wildman–Crippen MR) is 119 cm³/mol. The predicted octanol–water partition coefficient (Wildman–Crippen LogP) is 5.28. The van der Waals surface area contributed by atoms with E-state index in [4.69, 9.17) is 11.6 Å². The van der Waals surface area contributed by atoms with Gasteiger partial charge in [0.15, 0.2) is 0 Å². The Hall–Kier alpha value is -3.12. The number of nitrogens with one attached hydrogen (secondary N) is 2. The summed E-state index contributed by atoms with van der Waals surface area (Å²) in [5.41, 5.74) is 2.93. The van der Waals surface area contributed by atoms with Crippen molar-refractivity contribution in [1.29, 1.82) is 0 Å². The van der Waals surface area contributed by atoms with E-state index in [-0.39, 0.29) is 5.91 Å². The van der Waals surface area contributed by atoms with Crippen molar-refractivity contribution in [1.82, 2.24) is 9.97 Å². The number of halogens is 1. The second-order valence-electron chi connectivity index (χ2n) is 6.53. The number of aryl methyl sites for hydroxylation is 1. The van der Waals surface area contributed by atoms with Crippen molar-refractivity contribution in [2.75, 3.05) is 28.6 Å². The summed E-state index contributed by atoms with van der Waals surface area (Å²) in [5, 5.41) is 6.62. The number of anilines is 4. The first-order valence-corrected chi connectivity index (χ1v) is 9.91. The highest BCUT2D eigenvalue weighted by Gasteiger charge is 2.09. The molecule has 0 saturated carbocycles. The Balaban J connectivity index is 1.70. The van der Waals surface area contributed by atoms with Crippen LogP contribution in [-0.4, -0.2) is 29.0 Å². The molecular weight excluding hydrogens is 386 g/mol. The molecule has 0 aliphatic heterocycles. The summed E-state index contributed by atoms with van der Waals surface area (Å²) in [5.74, 6) is 1.23. The summed E-state index contributed by atoms with van der Waals surface area (Å²) in [7, 11) is 0. The minimum Gasteiger partial charge on any atom is -0.357 e. The number of hydrogen-bond acceptors (Lipinski definition) is 5. The van der Waals surface area contributed by atoms with Crippen LogP contribution in [0.1, 0.15) is 29.9 Å². The van der Waals surface area contributed by atoms with Gasteiger partial charge in [-0.2, -0.15) is 4.98 Å². The van der Waals surface area contributed by atoms with Gasteiger partial charge in [0.25, 0.3) is 5.91 Å². The fourth-order valence-electron chi connectivity index (χ4n) is 2.92. The Bertz CT molecular complexity index is 987. The van der Waals surface area contributed by atoms with E-state index in [1.165, 1.54) is 0 Å². The molecule has 1 amide bonds.